The van der Waals surface area contributed by atoms with Gasteiger partial charge in [0.15, 0.2) is 24.1 Å². The number of pyridine rings is 1. The summed E-state index contributed by atoms with van der Waals surface area (Å²) >= 11 is 2.22. The summed E-state index contributed by atoms with van der Waals surface area (Å²) in [7, 11) is 0. The van der Waals surface area contributed by atoms with Gasteiger partial charge in [0.25, 0.3) is 11.8 Å². The van der Waals surface area contributed by atoms with Gasteiger partial charge in [0.1, 0.15) is 11.4 Å². The number of oxime groups is 1. The topological polar surface area (TPSA) is 167 Å². The van der Waals surface area contributed by atoms with Gasteiger partial charge < -0.3 is 25.8 Å². The molecule has 12 nitrogen and oxygen atoms in total. The number of nitrogens with two attached hydrogens (primary N) is 1. The Hall–Kier alpha value is -5.86. The van der Waals surface area contributed by atoms with Crippen molar-refractivity contribution in [3.8, 4) is 0 Å². The van der Waals surface area contributed by atoms with E-state index in [9.17, 15) is 19.5 Å². The number of aromatic nitrogens is 3. The molecule has 0 spiro atoms. The lowest BCUT2D eigenvalue weighted by molar-refractivity contribution is -0.689. The number of carboxylic acid groups (broad SMARTS) is 1. The molecule has 50 heavy (non-hydrogen) atoms. The maximum absolute atomic E-state index is 14.1. The average molecular weight is 704 g/mol. The predicted octanol–water partition coefficient (Wildman–Crippen LogP) is 2.22. The van der Waals surface area contributed by atoms with Crippen molar-refractivity contribution < 1.29 is 28.9 Å². The van der Waals surface area contributed by atoms with Crippen LogP contribution in [-0.2, 0) is 31.4 Å². The summed E-state index contributed by atoms with van der Waals surface area (Å²) in [6.45, 7) is 0.266. The number of carbonyl (C=O) groups excluding carboxylic acids is 3. The quantitative estimate of drug-likeness (QED) is 0.0690. The molecule has 2 aromatic heterocycles. The number of thioether (sulfide) groups is 1. The van der Waals surface area contributed by atoms with Gasteiger partial charge in [-0.15, -0.1) is 11.8 Å². The first-order valence-corrected chi connectivity index (χ1v) is 17.3. The number of β-lactam (4-membered cyclic amide) rings is 1. The Labute approximate surface area is 295 Å². The normalized spacial score (nSPS) is 17.5. The number of carbonyl (C=O) groups is 3. The van der Waals surface area contributed by atoms with Crippen LogP contribution in [0.15, 0.2) is 138 Å². The van der Waals surface area contributed by atoms with Crippen LogP contribution in [0.4, 0.5) is 5.13 Å². The van der Waals surface area contributed by atoms with Crippen LogP contribution in [0.1, 0.15) is 22.5 Å². The number of rotatable bonds is 11. The second kappa shape index (κ2) is 13.9. The molecule has 2 amide bonds. The third kappa shape index (κ3) is 6.10. The van der Waals surface area contributed by atoms with E-state index < -0.39 is 34.8 Å². The summed E-state index contributed by atoms with van der Waals surface area (Å²) in [5.74, 6) is -2.63. The molecule has 0 radical (unpaired) electrons. The molecule has 3 aromatic carbocycles. The Morgan fingerprint density at radius 1 is 0.940 bits per heavy atom. The van der Waals surface area contributed by atoms with E-state index in [-0.39, 0.29) is 28.9 Å². The van der Waals surface area contributed by atoms with E-state index >= 15 is 0 Å². The van der Waals surface area contributed by atoms with Crippen molar-refractivity contribution in [1.29, 1.82) is 0 Å². The number of carboxylic acids is 1. The molecule has 14 heteroatoms. The highest BCUT2D eigenvalue weighted by atomic mass is 32.2. The minimum Gasteiger partial charge on any atom is -0.543 e. The van der Waals surface area contributed by atoms with Gasteiger partial charge in [0.2, 0.25) is 17.1 Å². The predicted molar refractivity (Wildman–Crippen MR) is 185 cm³/mol. The Balaban J connectivity index is 1.23. The van der Waals surface area contributed by atoms with Crippen LogP contribution in [0.2, 0.25) is 0 Å². The minimum atomic E-state index is -1.46. The lowest BCUT2D eigenvalue weighted by Crippen LogP contribution is -2.71. The van der Waals surface area contributed by atoms with Gasteiger partial charge in [-0.05, 0) is 0 Å². The molecule has 1 fully saturated rings. The molecule has 0 bridgehead atoms. The van der Waals surface area contributed by atoms with Gasteiger partial charge >= 0.3 is 0 Å². The van der Waals surface area contributed by atoms with E-state index in [1.807, 2.05) is 126 Å². The molecule has 3 N–H and O–H groups in total. The standard InChI is InChI=1S/C36H29N7O5S2/c37-35-39-30(41-50-35)27(40-48-36(24-13-5-1-6-14-24,25-15-7-2-8-16-25)26-17-9-3-10-18-26)31(44)38-28-32(45)43-29(34(46)47)23(22-49-33(28)43)21-42-19-11-4-12-20-42/h1-20,28,33H,21-22H2,(H3-,37,38,39,41,44,46,47)/t28?,33-/m0/s1. The van der Waals surface area contributed by atoms with Gasteiger partial charge in [-0.3, -0.25) is 14.5 Å². The lowest BCUT2D eigenvalue weighted by atomic mass is 9.80. The van der Waals surface area contributed by atoms with Crippen LogP contribution in [0, 0.1) is 0 Å². The smallest absolute Gasteiger partial charge is 0.278 e. The van der Waals surface area contributed by atoms with E-state index in [1.54, 1.807) is 0 Å². The summed E-state index contributed by atoms with van der Waals surface area (Å²) in [6, 6.07) is 32.9. The molecule has 0 saturated carbocycles. The number of amides is 2. The average Bonchev–Trinajstić information content (AvgIpc) is 3.59. The molecule has 1 saturated heterocycles. The molecular weight excluding hydrogens is 675 g/mol. The van der Waals surface area contributed by atoms with Crippen molar-refractivity contribution in [2.24, 2.45) is 5.16 Å². The van der Waals surface area contributed by atoms with E-state index in [1.165, 1.54) is 16.7 Å². The molecule has 2 aliphatic heterocycles. The van der Waals surface area contributed by atoms with E-state index in [4.69, 9.17) is 10.6 Å². The second-order valence-corrected chi connectivity index (χ2v) is 13.3. The number of nitrogens with zero attached hydrogens (tertiary/aromatic N) is 5. The second-order valence-electron chi connectivity index (χ2n) is 11.4. The molecule has 5 aromatic rings. The van der Waals surface area contributed by atoms with Crippen LogP contribution in [0.25, 0.3) is 0 Å². The monoisotopic (exact) mass is 703 g/mol. The van der Waals surface area contributed by atoms with Crippen LogP contribution in [-0.4, -0.2) is 54.9 Å². The Morgan fingerprint density at radius 3 is 2.02 bits per heavy atom. The first-order valence-electron chi connectivity index (χ1n) is 15.5. The van der Waals surface area contributed by atoms with Crippen molar-refractivity contribution in [3.05, 3.63) is 155 Å². The third-order valence-electron chi connectivity index (χ3n) is 8.36. The number of hydrogen-bond donors (Lipinski definition) is 2. The summed E-state index contributed by atoms with van der Waals surface area (Å²) in [5.41, 5.74) is 6.83. The van der Waals surface area contributed by atoms with Gasteiger partial charge in [0, 0.05) is 51.7 Å². The van der Waals surface area contributed by atoms with Crippen LogP contribution in [0.5, 0.6) is 0 Å². The molecule has 1 unspecified atom stereocenters. The van der Waals surface area contributed by atoms with Gasteiger partial charge in [-0.1, -0.05) is 102 Å². The number of fused-ring (bicyclic) bond motifs is 1. The lowest BCUT2D eigenvalue weighted by Gasteiger charge is -2.50. The maximum Gasteiger partial charge on any atom is 0.278 e. The molecule has 7 rings (SSSR count). The number of nitrogen functional groups attached to an aromatic ring is 1. The zero-order chi connectivity index (χ0) is 34.7. The Bertz CT molecular complexity index is 2000. The summed E-state index contributed by atoms with van der Waals surface area (Å²) in [5, 5.41) is 18.9. The number of aliphatic carboxylic acids is 1. The molecule has 2 atom stereocenters. The van der Waals surface area contributed by atoms with Gasteiger partial charge in [-0.25, -0.2) is 4.57 Å². The fourth-order valence-corrected chi connectivity index (χ4v) is 7.84. The van der Waals surface area contributed by atoms with Gasteiger partial charge in [-0.2, -0.15) is 9.36 Å². The van der Waals surface area contributed by atoms with Crippen LogP contribution < -0.4 is 20.7 Å². The van der Waals surface area contributed by atoms with Crippen molar-refractivity contribution in [2.75, 3.05) is 11.5 Å². The molecule has 4 heterocycles. The summed E-state index contributed by atoms with van der Waals surface area (Å²) in [6.07, 6.45) is 3.61. The van der Waals surface area contributed by atoms with E-state index in [2.05, 4.69) is 19.8 Å². The fraction of sp³-hybridized carbons (Fsp3) is 0.139. The van der Waals surface area contributed by atoms with Crippen molar-refractivity contribution in [1.82, 2.24) is 19.6 Å². The first-order chi connectivity index (χ1) is 24.4. The number of anilines is 1. The highest BCUT2D eigenvalue weighted by Crippen LogP contribution is 2.42. The number of hydrogen-bond acceptors (Lipinski definition) is 11. The van der Waals surface area contributed by atoms with Crippen LogP contribution >= 0.6 is 23.3 Å². The van der Waals surface area contributed by atoms with E-state index in [0.29, 0.717) is 11.3 Å². The minimum absolute atomic E-state index is 0.0921. The number of nitrogens with one attached hydrogen (secondary N) is 1. The third-order valence-corrected chi connectivity index (χ3v) is 10.2. The Morgan fingerprint density at radius 2 is 1.50 bits per heavy atom. The fourth-order valence-electron chi connectivity index (χ4n) is 6.07. The summed E-state index contributed by atoms with van der Waals surface area (Å²) < 4.78 is 6.05. The van der Waals surface area contributed by atoms with Crippen molar-refractivity contribution in [3.63, 3.8) is 0 Å². The van der Waals surface area contributed by atoms with E-state index in [0.717, 1.165) is 28.2 Å². The molecule has 0 aliphatic carbocycles. The SMILES string of the molecule is Nc1nc(C(=NOC(c2ccccc2)(c2ccccc2)c2ccccc2)C(=O)NC2C(=O)N3C(C(=O)[O-])=C(C[n+]4ccccc4)CS[C@@H]23)ns1. The largest absolute Gasteiger partial charge is 0.543 e. The molecular formula is C36H29N7O5S2. The first kappa shape index (κ1) is 32.7. The maximum atomic E-state index is 14.1. The van der Waals surface area contributed by atoms with Crippen molar-refractivity contribution in [2.45, 2.75) is 23.6 Å². The number of benzene rings is 3. The highest BCUT2D eigenvalue weighted by molar-refractivity contribution is 8.00. The zero-order valence-corrected chi connectivity index (χ0v) is 27.9. The zero-order valence-electron chi connectivity index (χ0n) is 26.3. The van der Waals surface area contributed by atoms with Crippen molar-refractivity contribution >= 4 is 51.9 Å². The molecule has 2 aliphatic rings. The van der Waals surface area contributed by atoms with Crippen LogP contribution in [0.3, 0.4) is 0 Å². The van der Waals surface area contributed by atoms with Gasteiger partial charge in [0.05, 0.1) is 11.7 Å². The molecule has 250 valence electrons. The Kier molecular flexibility index (Phi) is 9.11. The summed E-state index contributed by atoms with van der Waals surface area (Å²) in [4.78, 5) is 51.8. The highest BCUT2D eigenvalue weighted by Gasteiger charge is 2.53.